The number of carbonyl (C=O) groups is 1. The van der Waals surface area contributed by atoms with Crippen LogP contribution in [-0.2, 0) is 11.2 Å². The van der Waals surface area contributed by atoms with Crippen LogP contribution in [0, 0.1) is 6.92 Å². The number of aryl methyl sites for hydroxylation is 1. The Bertz CT molecular complexity index is 363. The molecule has 88 valence electrons. The molecule has 0 bridgehead atoms. The Morgan fingerprint density at radius 2 is 2.19 bits per heavy atom. The molecule has 1 N–H and O–H groups in total. The highest BCUT2D eigenvalue weighted by atomic mass is 16.3. The predicted octanol–water partition coefficient (Wildman–Crippen LogP) is 1.38. The molecule has 1 unspecified atom stereocenters. The largest absolute Gasteiger partial charge is 0.394 e. The topological polar surface area (TPSA) is 40.5 Å². The van der Waals surface area contributed by atoms with Crippen LogP contribution in [0.2, 0.25) is 0 Å². The fourth-order valence-electron chi connectivity index (χ4n) is 1.49. The van der Waals surface area contributed by atoms with Gasteiger partial charge in [0.1, 0.15) is 0 Å². The van der Waals surface area contributed by atoms with Crippen LogP contribution < -0.4 is 0 Å². The third-order valence-electron chi connectivity index (χ3n) is 2.76. The van der Waals surface area contributed by atoms with E-state index < -0.39 is 0 Å². The number of aliphatic hydroxyl groups is 1. The number of rotatable bonds is 4. The van der Waals surface area contributed by atoms with E-state index in [0.29, 0.717) is 6.42 Å². The first-order valence-corrected chi connectivity index (χ1v) is 5.46. The van der Waals surface area contributed by atoms with Gasteiger partial charge in [-0.15, -0.1) is 0 Å². The van der Waals surface area contributed by atoms with Crippen LogP contribution in [0.25, 0.3) is 0 Å². The van der Waals surface area contributed by atoms with Crippen molar-refractivity contribution in [3.63, 3.8) is 0 Å². The Morgan fingerprint density at radius 3 is 2.75 bits per heavy atom. The Balaban J connectivity index is 2.64. The molecule has 0 heterocycles. The summed E-state index contributed by atoms with van der Waals surface area (Å²) in [6.45, 7) is 3.83. The molecule has 0 aromatic heterocycles. The number of benzene rings is 1. The first kappa shape index (κ1) is 12.7. The van der Waals surface area contributed by atoms with Crippen molar-refractivity contribution in [1.29, 1.82) is 0 Å². The van der Waals surface area contributed by atoms with Gasteiger partial charge in [0.05, 0.1) is 19.1 Å². The van der Waals surface area contributed by atoms with Gasteiger partial charge in [-0.3, -0.25) is 4.79 Å². The van der Waals surface area contributed by atoms with Crippen LogP contribution in [0.1, 0.15) is 18.1 Å². The van der Waals surface area contributed by atoms with Crippen molar-refractivity contribution in [2.24, 2.45) is 0 Å². The molecule has 16 heavy (non-hydrogen) atoms. The number of hydrogen-bond donors (Lipinski definition) is 1. The van der Waals surface area contributed by atoms with E-state index in [1.165, 1.54) is 0 Å². The lowest BCUT2D eigenvalue weighted by molar-refractivity contribution is -0.131. The Morgan fingerprint density at radius 1 is 1.50 bits per heavy atom. The molecule has 1 aromatic carbocycles. The Kier molecular flexibility index (Phi) is 4.50. The number of amides is 1. The van der Waals surface area contributed by atoms with E-state index in [1.807, 2.05) is 38.1 Å². The zero-order chi connectivity index (χ0) is 12.1. The zero-order valence-electron chi connectivity index (χ0n) is 10.1. The van der Waals surface area contributed by atoms with Crippen molar-refractivity contribution in [1.82, 2.24) is 4.90 Å². The van der Waals surface area contributed by atoms with E-state index >= 15 is 0 Å². The molecule has 0 spiro atoms. The predicted molar refractivity (Wildman–Crippen MR) is 64.2 cm³/mol. The molecule has 3 nitrogen and oxygen atoms in total. The average molecular weight is 221 g/mol. The van der Waals surface area contributed by atoms with Crippen molar-refractivity contribution in [3.8, 4) is 0 Å². The summed E-state index contributed by atoms with van der Waals surface area (Å²) in [6, 6.07) is 7.79. The number of likely N-dealkylation sites (N-methyl/N-ethyl adjacent to an activating group) is 1. The molecular weight excluding hydrogens is 202 g/mol. The van der Waals surface area contributed by atoms with Crippen molar-refractivity contribution in [3.05, 3.63) is 35.4 Å². The average Bonchev–Trinajstić information content (AvgIpc) is 2.27. The fraction of sp³-hybridized carbons (Fsp3) is 0.462. The van der Waals surface area contributed by atoms with E-state index in [4.69, 9.17) is 5.11 Å². The highest BCUT2D eigenvalue weighted by Crippen LogP contribution is 2.07. The second kappa shape index (κ2) is 5.66. The lowest BCUT2D eigenvalue weighted by atomic mass is 10.1. The fourth-order valence-corrected chi connectivity index (χ4v) is 1.49. The quantitative estimate of drug-likeness (QED) is 0.834. The SMILES string of the molecule is Cc1cccc(CC(=O)N(C)C(C)CO)c1. The summed E-state index contributed by atoms with van der Waals surface area (Å²) in [5.74, 6) is 0.0344. The smallest absolute Gasteiger partial charge is 0.227 e. The lowest BCUT2D eigenvalue weighted by Gasteiger charge is -2.23. The van der Waals surface area contributed by atoms with Gasteiger partial charge in [0.2, 0.25) is 5.91 Å². The van der Waals surface area contributed by atoms with E-state index in [1.54, 1.807) is 11.9 Å². The summed E-state index contributed by atoms with van der Waals surface area (Å²) in [4.78, 5) is 13.4. The van der Waals surface area contributed by atoms with Gasteiger partial charge in [0.25, 0.3) is 0 Å². The van der Waals surface area contributed by atoms with Crippen LogP contribution in [0.4, 0.5) is 0 Å². The lowest BCUT2D eigenvalue weighted by Crippen LogP contribution is -2.38. The van der Waals surface area contributed by atoms with E-state index in [2.05, 4.69) is 0 Å². The van der Waals surface area contributed by atoms with Gasteiger partial charge < -0.3 is 10.0 Å². The molecule has 1 rings (SSSR count). The minimum absolute atomic E-state index is 0.00391. The van der Waals surface area contributed by atoms with Crippen LogP contribution >= 0.6 is 0 Å². The minimum Gasteiger partial charge on any atom is -0.394 e. The van der Waals surface area contributed by atoms with Gasteiger partial charge in [-0.25, -0.2) is 0 Å². The molecule has 0 radical (unpaired) electrons. The normalized spacial score (nSPS) is 12.2. The minimum atomic E-state index is -0.127. The molecule has 0 aliphatic heterocycles. The number of carbonyl (C=O) groups excluding carboxylic acids is 1. The van der Waals surface area contributed by atoms with Gasteiger partial charge in [-0.05, 0) is 19.4 Å². The maximum Gasteiger partial charge on any atom is 0.227 e. The van der Waals surface area contributed by atoms with E-state index in [-0.39, 0.29) is 18.6 Å². The van der Waals surface area contributed by atoms with Gasteiger partial charge >= 0.3 is 0 Å². The summed E-state index contributed by atoms with van der Waals surface area (Å²) in [5.41, 5.74) is 2.17. The molecule has 1 amide bonds. The molecule has 3 heteroatoms. The monoisotopic (exact) mass is 221 g/mol. The molecule has 0 fully saturated rings. The number of hydrogen-bond acceptors (Lipinski definition) is 2. The summed E-state index contributed by atoms with van der Waals surface area (Å²) in [7, 11) is 1.72. The van der Waals surface area contributed by atoms with Crippen molar-refractivity contribution in [2.45, 2.75) is 26.3 Å². The second-order valence-electron chi connectivity index (χ2n) is 4.20. The molecule has 0 aliphatic rings. The molecule has 0 saturated heterocycles. The summed E-state index contributed by atoms with van der Waals surface area (Å²) in [5, 5.41) is 8.97. The van der Waals surface area contributed by atoms with Gasteiger partial charge in [0.15, 0.2) is 0 Å². The molecular formula is C13H19NO2. The zero-order valence-corrected chi connectivity index (χ0v) is 10.1. The van der Waals surface area contributed by atoms with Gasteiger partial charge in [-0.2, -0.15) is 0 Å². The van der Waals surface area contributed by atoms with Crippen molar-refractivity contribution < 1.29 is 9.90 Å². The van der Waals surface area contributed by atoms with E-state index in [0.717, 1.165) is 11.1 Å². The summed E-state index contributed by atoms with van der Waals surface area (Å²) < 4.78 is 0. The van der Waals surface area contributed by atoms with Crippen LogP contribution in [-0.4, -0.2) is 35.6 Å². The van der Waals surface area contributed by atoms with Crippen molar-refractivity contribution in [2.75, 3.05) is 13.7 Å². The van der Waals surface area contributed by atoms with Crippen LogP contribution in [0.15, 0.2) is 24.3 Å². The number of aliphatic hydroxyl groups excluding tert-OH is 1. The van der Waals surface area contributed by atoms with Crippen LogP contribution in [0.5, 0.6) is 0 Å². The molecule has 1 atom stereocenters. The molecule has 0 aliphatic carbocycles. The summed E-state index contributed by atoms with van der Waals surface area (Å²) in [6.07, 6.45) is 0.391. The third-order valence-corrected chi connectivity index (χ3v) is 2.76. The first-order chi connectivity index (χ1) is 7.54. The van der Waals surface area contributed by atoms with Gasteiger partial charge in [0, 0.05) is 7.05 Å². The highest BCUT2D eigenvalue weighted by Gasteiger charge is 2.14. The third kappa shape index (κ3) is 3.35. The van der Waals surface area contributed by atoms with E-state index in [9.17, 15) is 4.79 Å². The Labute approximate surface area is 96.7 Å². The summed E-state index contributed by atoms with van der Waals surface area (Å²) >= 11 is 0. The Hall–Kier alpha value is -1.35. The highest BCUT2D eigenvalue weighted by molar-refractivity contribution is 5.78. The first-order valence-electron chi connectivity index (χ1n) is 5.46. The van der Waals surface area contributed by atoms with Gasteiger partial charge in [-0.1, -0.05) is 29.8 Å². The number of nitrogens with zero attached hydrogens (tertiary/aromatic N) is 1. The second-order valence-corrected chi connectivity index (χ2v) is 4.20. The standard InChI is InChI=1S/C13H19NO2/c1-10-5-4-6-12(7-10)8-13(16)14(3)11(2)9-15/h4-7,11,15H,8-9H2,1-3H3. The maximum atomic E-state index is 11.8. The molecule has 1 aromatic rings. The maximum absolute atomic E-state index is 11.8. The van der Waals surface area contributed by atoms with Crippen molar-refractivity contribution >= 4 is 5.91 Å². The van der Waals surface area contributed by atoms with Crippen LogP contribution in [0.3, 0.4) is 0 Å². The molecule has 0 saturated carbocycles.